The molecule has 0 amide bonds. The summed E-state index contributed by atoms with van der Waals surface area (Å²) in [6, 6.07) is 5.33. The Balaban J connectivity index is 2.46. The van der Waals surface area contributed by atoms with Crippen molar-refractivity contribution in [3.05, 3.63) is 52.2 Å². The van der Waals surface area contributed by atoms with E-state index in [4.69, 9.17) is 5.73 Å². The third-order valence-electron chi connectivity index (χ3n) is 2.64. The summed E-state index contributed by atoms with van der Waals surface area (Å²) in [6.07, 6.45) is -3.45. The lowest BCUT2D eigenvalue weighted by Gasteiger charge is -2.08. The molecule has 0 aliphatic carbocycles. The predicted molar refractivity (Wildman–Crippen MR) is 65.7 cm³/mol. The average molecular weight is 283 g/mol. The van der Waals surface area contributed by atoms with Crippen LogP contribution in [0, 0.1) is 10.1 Å². The van der Waals surface area contributed by atoms with Crippen molar-refractivity contribution in [2.75, 3.05) is 5.73 Å². The van der Waals surface area contributed by atoms with Crippen LogP contribution >= 0.6 is 0 Å². The number of rotatable bonds is 2. The van der Waals surface area contributed by atoms with E-state index in [2.05, 4.69) is 4.98 Å². The molecule has 0 unspecified atom stereocenters. The number of hydrogen-bond acceptors (Lipinski definition) is 4. The first kappa shape index (κ1) is 13.8. The lowest BCUT2D eigenvalue weighted by atomic mass is 10.0. The van der Waals surface area contributed by atoms with E-state index in [1.807, 2.05) is 0 Å². The molecule has 0 aliphatic heterocycles. The first-order chi connectivity index (χ1) is 9.29. The van der Waals surface area contributed by atoms with Crippen LogP contribution in [0.25, 0.3) is 11.1 Å². The third kappa shape index (κ3) is 2.68. The number of nitrogens with zero attached hydrogens (tertiary/aromatic N) is 2. The largest absolute Gasteiger partial charge is 0.416 e. The molecule has 20 heavy (non-hydrogen) atoms. The van der Waals surface area contributed by atoms with Gasteiger partial charge in [0.2, 0.25) is 0 Å². The molecule has 8 heteroatoms. The zero-order valence-corrected chi connectivity index (χ0v) is 9.89. The number of pyridine rings is 1. The minimum Gasteiger partial charge on any atom is -0.383 e. The van der Waals surface area contributed by atoms with Crippen molar-refractivity contribution < 1.29 is 18.1 Å². The van der Waals surface area contributed by atoms with Crippen molar-refractivity contribution >= 4 is 11.5 Å². The Bertz CT molecular complexity index is 654. The minimum atomic E-state index is -4.44. The molecule has 0 saturated carbocycles. The number of halogens is 3. The zero-order valence-electron chi connectivity index (χ0n) is 9.89. The van der Waals surface area contributed by atoms with E-state index in [9.17, 15) is 23.3 Å². The number of anilines is 1. The molecule has 2 rings (SSSR count). The number of hydrogen-bond donors (Lipinski definition) is 1. The molecule has 0 saturated heterocycles. The van der Waals surface area contributed by atoms with Gasteiger partial charge in [-0.15, -0.1) is 0 Å². The van der Waals surface area contributed by atoms with Crippen molar-refractivity contribution in [2.24, 2.45) is 0 Å². The fourth-order valence-electron chi connectivity index (χ4n) is 1.63. The molecule has 0 fully saturated rings. The Hall–Kier alpha value is -2.64. The molecule has 1 heterocycles. The van der Waals surface area contributed by atoms with E-state index < -0.39 is 16.7 Å². The Morgan fingerprint density at radius 2 is 1.80 bits per heavy atom. The van der Waals surface area contributed by atoms with Gasteiger partial charge in [-0.05, 0) is 17.7 Å². The molecule has 0 atom stereocenters. The standard InChI is InChI=1S/C12H8F3N3O2/c13-12(14,15)8-3-1-7(2-4-8)10-5-9(18(19)20)6-17-11(10)16/h1-6H,(H2,16,17). The second kappa shape index (κ2) is 4.80. The minimum absolute atomic E-state index is 0.00959. The highest BCUT2D eigenvalue weighted by Crippen LogP contribution is 2.33. The van der Waals surface area contributed by atoms with Crippen molar-refractivity contribution in [2.45, 2.75) is 6.18 Å². The lowest BCUT2D eigenvalue weighted by Crippen LogP contribution is -2.04. The fourth-order valence-corrected chi connectivity index (χ4v) is 1.63. The van der Waals surface area contributed by atoms with Gasteiger partial charge in [0.05, 0.1) is 10.5 Å². The van der Waals surface area contributed by atoms with Gasteiger partial charge in [-0.2, -0.15) is 13.2 Å². The van der Waals surface area contributed by atoms with Crippen LogP contribution in [0.3, 0.4) is 0 Å². The van der Waals surface area contributed by atoms with Crippen molar-refractivity contribution in [3.63, 3.8) is 0 Å². The smallest absolute Gasteiger partial charge is 0.383 e. The summed E-state index contributed by atoms with van der Waals surface area (Å²) < 4.78 is 37.3. The normalized spacial score (nSPS) is 11.3. The van der Waals surface area contributed by atoms with Gasteiger partial charge in [0.1, 0.15) is 12.0 Å². The van der Waals surface area contributed by atoms with Crippen LogP contribution in [0.15, 0.2) is 36.5 Å². The molecule has 1 aromatic carbocycles. The van der Waals surface area contributed by atoms with Crippen LogP contribution in [-0.2, 0) is 6.18 Å². The van der Waals surface area contributed by atoms with E-state index in [-0.39, 0.29) is 17.1 Å². The summed E-state index contributed by atoms with van der Waals surface area (Å²) in [6.45, 7) is 0. The van der Waals surface area contributed by atoms with Crippen LogP contribution in [0.5, 0.6) is 0 Å². The molecular weight excluding hydrogens is 275 g/mol. The first-order valence-electron chi connectivity index (χ1n) is 5.36. The predicted octanol–water partition coefficient (Wildman–Crippen LogP) is 3.26. The molecule has 5 nitrogen and oxygen atoms in total. The van der Waals surface area contributed by atoms with Crippen LogP contribution in [0.4, 0.5) is 24.7 Å². The highest BCUT2D eigenvalue weighted by Gasteiger charge is 2.30. The van der Waals surface area contributed by atoms with E-state index in [0.29, 0.717) is 5.56 Å². The zero-order chi connectivity index (χ0) is 14.9. The van der Waals surface area contributed by atoms with Gasteiger partial charge in [0.25, 0.3) is 5.69 Å². The van der Waals surface area contributed by atoms with Crippen molar-refractivity contribution in [1.29, 1.82) is 0 Å². The SMILES string of the molecule is Nc1ncc([N+](=O)[O-])cc1-c1ccc(C(F)(F)F)cc1. The quantitative estimate of drug-likeness (QED) is 0.677. The third-order valence-corrected chi connectivity index (χ3v) is 2.64. The highest BCUT2D eigenvalue weighted by atomic mass is 19.4. The summed E-state index contributed by atoms with van der Waals surface area (Å²) in [7, 11) is 0. The number of aromatic nitrogens is 1. The maximum atomic E-state index is 12.4. The fraction of sp³-hybridized carbons (Fsp3) is 0.0833. The van der Waals surface area contributed by atoms with E-state index in [0.717, 1.165) is 18.3 Å². The summed E-state index contributed by atoms with van der Waals surface area (Å²) in [5.41, 5.74) is 5.04. The average Bonchev–Trinajstić information content (AvgIpc) is 2.38. The van der Waals surface area contributed by atoms with E-state index >= 15 is 0 Å². The van der Waals surface area contributed by atoms with Gasteiger partial charge in [-0.1, -0.05) is 12.1 Å². The monoisotopic (exact) mass is 283 g/mol. The Morgan fingerprint density at radius 1 is 1.20 bits per heavy atom. The van der Waals surface area contributed by atoms with Gasteiger partial charge >= 0.3 is 6.18 Å². The first-order valence-corrected chi connectivity index (χ1v) is 5.36. The summed E-state index contributed by atoms with van der Waals surface area (Å²) in [5.74, 6) is 0.00959. The summed E-state index contributed by atoms with van der Waals surface area (Å²) in [4.78, 5) is 13.7. The van der Waals surface area contributed by atoms with Gasteiger partial charge < -0.3 is 5.73 Å². The van der Waals surface area contributed by atoms with Gasteiger partial charge in [0, 0.05) is 11.6 Å². The molecule has 0 radical (unpaired) electrons. The number of nitro groups is 1. The molecule has 1 aromatic heterocycles. The van der Waals surface area contributed by atoms with Gasteiger partial charge in [0.15, 0.2) is 0 Å². The number of nitrogens with two attached hydrogens (primary N) is 1. The van der Waals surface area contributed by atoms with Crippen molar-refractivity contribution in [1.82, 2.24) is 4.98 Å². The molecule has 0 aliphatic rings. The van der Waals surface area contributed by atoms with Crippen LogP contribution < -0.4 is 5.73 Å². The number of nitrogen functional groups attached to an aromatic ring is 1. The maximum Gasteiger partial charge on any atom is 0.416 e. The van der Waals surface area contributed by atoms with Gasteiger partial charge in [-0.25, -0.2) is 4.98 Å². The summed E-state index contributed by atoms with van der Waals surface area (Å²) >= 11 is 0. The molecule has 104 valence electrons. The number of benzene rings is 1. The van der Waals surface area contributed by atoms with Crippen molar-refractivity contribution in [3.8, 4) is 11.1 Å². The van der Waals surface area contributed by atoms with Crippen LogP contribution in [-0.4, -0.2) is 9.91 Å². The maximum absolute atomic E-state index is 12.4. The Labute approximate surface area is 111 Å². The molecular formula is C12H8F3N3O2. The highest BCUT2D eigenvalue weighted by molar-refractivity contribution is 5.75. The van der Waals surface area contributed by atoms with E-state index in [1.54, 1.807) is 0 Å². The molecule has 2 N–H and O–H groups in total. The van der Waals surface area contributed by atoms with Crippen LogP contribution in [0.1, 0.15) is 5.56 Å². The Kier molecular flexibility index (Phi) is 3.31. The number of alkyl halides is 3. The molecule has 2 aromatic rings. The second-order valence-electron chi connectivity index (χ2n) is 3.96. The van der Waals surface area contributed by atoms with Crippen LogP contribution in [0.2, 0.25) is 0 Å². The molecule has 0 bridgehead atoms. The van der Waals surface area contributed by atoms with E-state index in [1.165, 1.54) is 18.2 Å². The van der Waals surface area contributed by atoms with Gasteiger partial charge in [-0.3, -0.25) is 10.1 Å². The summed E-state index contributed by atoms with van der Waals surface area (Å²) in [5, 5.41) is 10.7. The second-order valence-corrected chi connectivity index (χ2v) is 3.96. The lowest BCUT2D eigenvalue weighted by molar-refractivity contribution is -0.385. The molecule has 0 spiro atoms. The topological polar surface area (TPSA) is 82.0 Å². The Morgan fingerprint density at radius 3 is 2.30 bits per heavy atom.